The van der Waals surface area contributed by atoms with Crippen molar-refractivity contribution in [2.24, 2.45) is 11.3 Å². The van der Waals surface area contributed by atoms with Gasteiger partial charge in [0.25, 0.3) is 0 Å². The van der Waals surface area contributed by atoms with E-state index in [1.807, 2.05) is 32.2 Å². The number of rotatable bonds is 3. The van der Waals surface area contributed by atoms with Crippen LogP contribution in [0.4, 0.5) is 0 Å². The molecule has 0 aliphatic heterocycles. The molecule has 3 heteroatoms. The molecule has 1 aromatic rings. The zero-order valence-electron chi connectivity index (χ0n) is 9.73. The summed E-state index contributed by atoms with van der Waals surface area (Å²) in [6.45, 7) is 4.06. The van der Waals surface area contributed by atoms with Crippen molar-refractivity contribution in [2.45, 2.75) is 24.7 Å². The number of carboxylic acids is 1. The standard InChI is InChI=1S/C13H16O2S/c1-13(2)10(11(13)12(14)15)8-5-4-6-9(7-8)16-3/h4-7,10-11H,1-3H3,(H,14,15)/t10-,11+/m0/s1. The van der Waals surface area contributed by atoms with E-state index in [0.717, 1.165) is 5.56 Å². The molecule has 16 heavy (non-hydrogen) atoms. The van der Waals surface area contributed by atoms with Gasteiger partial charge in [-0.2, -0.15) is 0 Å². The normalized spacial score (nSPS) is 26.4. The molecule has 2 atom stereocenters. The average molecular weight is 236 g/mol. The topological polar surface area (TPSA) is 37.3 Å². The zero-order chi connectivity index (χ0) is 11.9. The summed E-state index contributed by atoms with van der Waals surface area (Å²) in [4.78, 5) is 12.3. The molecule has 1 aliphatic carbocycles. The van der Waals surface area contributed by atoms with Gasteiger partial charge in [0, 0.05) is 10.8 Å². The highest BCUT2D eigenvalue weighted by Gasteiger charge is 2.62. The number of hydrogen-bond acceptors (Lipinski definition) is 2. The molecular formula is C13H16O2S. The molecule has 1 N–H and O–H groups in total. The minimum atomic E-state index is -0.676. The second kappa shape index (κ2) is 3.81. The van der Waals surface area contributed by atoms with Crippen LogP contribution in [0.1, 0.15) is 25.3 Å². The van der Waals surface area contributed by atoms with Crippen molar-refractivity contribution in [3.05, 3.63) is 29.8 Å². The Balaban J connectivity index is 2.29. The molecule has 0 heterocycles. The molecule has 0 bridgehead atoms. The van der Waals surface area contributed by atoms with Crippen LogP contribution in [0.5, 0.6) is 0 Å². The molecule has 0 aromatic heterocycles. The summed E-state index contributed by atoms with van der Waals surface area (Å²) in [6, 6.07) is 8.21. The molecule has 0 spiro atoms. The van der Waals surface area contributed by atoms with Crippen LogP contribution in [0.25, 0.3) is 0 Å². The Morgan fingerprint density at radius 1 is 1.44 bits per heavy atom. The number of aliphatic carboxylic acids is 1. The van der Waals surface area contributed by atoms with Gasteiger partial charge in [0.15, 0.2) is 0 Å². The van der Waals surface area contributed by atoms with Gasteiger partial charge in [0.2, 0.25) is 0 Å². The Hall–Kier alpha value is -0.960. The summed E-state index contributed by atoms with van der Waals surface area (Å²) in [5, 5.41) is 9.14. The van der Waals surface area contributed by atoms with Gasteiger partial charge in [-0.25, -0.2) is 0 Å². The maximum absolute atomic E-state index is 11.1. The minimum Gasteiger partial charge on any atom is -0.481 e. The first-order valence-electron chi connectivity index (χ1n) is 5.35. The van der Waals surface area contributed by atoms with Gasteiger partial charge in [-0.1, -0.05) is 26.0 Å². The highest BCUT2D eigenvalue weighted by molar-refractivity contribution is 7.98. The molecule has 1 saturated carbocycles. The highest BCUT2D eigenvalue weighted by Crippen LogP contribution is 2.64. The monoisotopic (exact) mass is 236 g/mol. The molecule has 2 nitrogen and oxygen atoms in total. The van der Waals surface area contributed by atoms with Crippen LogP contribution in [0, 0.1) is 11.3 Å². The molecule has 0 unspecified atom stereocenters. The van der Waals surface area contributed by atoms with Crippen LogP contribution >= 0.6 is 11.8 Å². The molecular weight excluding hydrogens is 220 g/mol. The van der Waals surface area contributed by atoms with Crippen molar-refractivity contribution in [2.75, 3.05) is 6.26 Å². The first kappa shape index (κ1) is 11.5. The summed E-state index contributed by atoms with van der Waals surface area (Å²) >= 11 is 1.69. The van der Waals surface area contributed by atoms with E-state index in [0.29, 0.717) is 0 Å². The highest BCUT2D eigenvalue weighted by atomic mass is 32.2. The number of benzene rings is 1. The van der Waals surface area contributed by atoms with E-state index in [4.69, 9.17) is 5.11 Å². The Morgan fingerprint density at radius 3 is 2.62 bits per heavy atom. The number of carboxylic acid groups (broad SMARTS) is 1. The van der Waals surface area contributed by atoms with Gasteiger partial charge in [0.05, 0.1) is 5.92 Å². The number of carbonyl (C=O) groups is 1. The van der Waals surface area contributed by atoms with Crippen molar-refractivity contribution in [3.63, 3.8) is 0 Å². The Kier molecular flexibility index (Phi) is 2.74. The lowest BCUT2D eigenvalue weighted by molar-refractivity contribution is -0.139. The van der Waals surface area contributed by atoms with Gasteiger partial charge in [-0.05, 0) is 29.4 Å². The van der Waals surface area contributed by atoms with Crippen LogP contribution in [-0.4, -0.2) is 17.3 Å². The van der Waals surface area contributed by atoms with Gasteiger partial charge < -0.3 is 5.11 Å². The predicted octanol–water partition coefficient (Wildman–Crippen LogP) is 3.23. The zero-order valence-corrected chi connectivity index (χ0v) is 10.5. The molecule has 0 radical (unpaired) electrons. The summed E-state index contributed by atoms with van der Waals surface area (Å²) in [5.41, 5.74) is 1.05. The lowest BCUT2D eigenvalue weighted by Crippen LogP contribution is -2.03. The largest absolute Gasteiger partial charge is 0.481 e. The molecule has 86 valence electrons. The molecule has 0 saturated heterocycles. The first-order valence-corrected chi connectivity index (χ1v) is 6.57. The van der Waals surface area contributed by atoms with Crippen molar-refractivity contribution in [1.82, 2.24) is 0 Å². The van der Waals surface area contributed by atoms with Crippen molar-refractivity contribution >= 4 is 17.7 Å². The summed E-state index contributed by atoms with van der Waals surface area (Å²) in [5.74, 6) is -0.744. The van der Waals surface area contributed by atoms with Crippen molar-refractivity contribution < 1.29 is 9.90 Å². The summed E-state index contributed by atoms with van der Waals surface area (Å²) in [6.07, 6.45) is 2.03. The van der Waals surface area contributed by atoms with Crippen molar-refractivity contribution in [1.29, 1.82) is 0 Å². The van der Waals surface area contributed by atoms with Crippen LogP contribution in [0.3, 0.4) is 0 Å². The van der Waals surface area contributed by atoms with E-state index in [-0.39, 0.29) is 17.3 Å². The molecule has 1 fully saturated rings. The lowest BCUT2D eigenvalue weighted by Gasteiger charge is -2.04. The van der Waals surface area contributed by atoms with Crippen LogP contribution < -0.4 is 0 Å². The smallest absolute Gasteiger partial charge is 0.307 e. The fraction of sp³-hybridized carbons (Fsp3) is 0.462. The summed E-state index contributed by atoms with van der Waals surface area (Å²) < 4.78 is 0. The predicted molar refractivity (Wildman–Crippen MR) is 65.9 cm³/mol. The molecule has 0 amide bonds. The van der Waals surface area contributed by atoms with Gasteiger partial charge in [-0.15, -0.1) is 11.8 Å². The fourth-order valence-electron chi connectivity index (χ4n) is 2.56. The van der Waals surface area contributed by atoms with Gasteiger partial charge in [0.1, 0.15) is 0 Å². The lowest BCUT2D eigenvalue weighted by atomic mass is 10.0. The summed E-state index contributed by atoms with van der Waals surface area (Å²) in [7, 11) is 0. The Morgan fingerprint density at radius 2 is 2.12 bits per heavy atom. The minimum absolute atomic E-state index is 0.108. The molecule has 1 aliphatic rings. The quantitative estimate of drug-likeness (QED) is 0.819. The van der Waals surface area contributed by atoms with E-state index in [2.05, 4.69) is 12.1 Å². The van der Waals surface area contributed by atoms with Crippen LogP contribution in [-0.2, 0) is 4.79 Å². The van der Waals surface area contributed by atoms with Crippen LogP contribution in [0.15, 0.2) is 29.2 Å². The maximum atomic E-state index is 11.1. The maximum Gasteiger partial charge on any atom is 0.307 e. The molecule has 2 rings (SSSR count). The second-order valence-electron chi connectivity index (χ2n) is 4.89. The third-order valence-corrected chi connectivity index (χ3v) is 4.27. The number of hydrogen-bond donors (Lipinski definition) is 1. The van der Waals surface area contributed by atoms with Crippen molar-refractivity contribution in [3.8, 4) is 0 Å². The number of thioether (sulfide) groups is 1. The molecule has 1 aromatic carbocycles. The van der Waals surface area contributed by atoms with E-state index < -0.39 is 5.97 Å². The van der Waals surface area contributed by atoms with Gasteiger partial charge in [-0.3, -0.25) is 4.79 Å². The van der Waals surface area contributed by atoms with Crippen LogP contribution in [0.2, 0.25) is 0 Å². The average Bonchev–Trinajstić information content (AvgIpc) is 2.82. The van der Waals surface area contributed by atoms with E-state index in [1.54, 1.807) is 11.8 Å². The van der Waals surface area contributed by atoms with Gasteiger partial charge >= 0.3 is 5.97 Å². The fourth-order valence-corrected chi connectivity index (χ4v) is 3.02. The third-order valence-electron chi connectivity index (χ3n) is 3.55. The van der Waals surface area contributed by atoms with E-state index in [1.165, 1.54) is 4.90 Å². The SMILES string of the molecule is CSc1cccc([C@H]2[C@H](C(=O)O)C2(C)C)c1. The van der Waals surface area contributed by atoms with E-state index in [9.17, 15) is 4.79 Å². The Bertz CT molecular complexity index is 426. The Labute approximate surface area is 100 Å². The first-order chi connectivity index (χ1) is 7.48. The third kappa shape index (κ3) is 1.73. The second-order valence-corrected chi connectivity index (χ2v) is 5.77. The van der Waals surface area contributed by atoms with E-state index >= 15 is 0 Å².